The highest BCUT2D eigenvalue weighted by Gasteiger charge is 2.36. The van der Waals surface area contributed by atoms with Crippen LogP contribution < -0.4 is 0 Å². The van der Waals surface area contributed by atoms with Crippen LogP contribution in [0.25, 0.3) is 0 Å². The first-order valence-corrected chi connectivity index (χ1v) is 8.14. The molecule has 3 heteroatoms. The SMILES string of the molecule is C=C1C(C(O)c2ccccc2)=CCC2=C1C(=O)c1ccccc1C2=O. The van der Waals surface area contributed by atoms with E-state index in [-0.39, 0.29) is 11.6 Å². The van der Waals surface area contributed by atoms with E-state index in [9.17, 15) is 14.7 Å². The second kappa shape index (κ2) is 5.80. The average Bonchev–Trinajstić information content (AvgIpc) is 2.66. The van der Waals surface area contributed by atoms with E-state index in [2.05, 4.69) is 6.58 Å². The van der Waals surface area contributed by atoms with Crippen molar-refractivity contribution in [2.24, 2.45) is 0 Å². The first kappa shape index (κ1) is 15.5. The molecule has 2 aromatic rings. The van der Waals surface area contributed by atoms with E-state index in [0.29, 0.717) is 39.8 Å². The molecule has 2 aromatic carbocycles. The molecule has 2 aliphatic carbocycles. The number of hydrogen-bond acceptors (Lipinski definition) is 3. The molecule has 0 amide bonds. The van der Waals surface area contributed by atoms with Crippen LogP contribution in [0.3, 0.4) is 0 Å². The summed E-state index contributed by atoms with van der Waals surface area (Å²) in [6.45, 7) is 4.03. The van der Waals surface area contributed by atoms with E-state index in [1.165, 1.54) is 0 Å². The minimum atomic E-state index is -0.872. The molecule has 2 aliphatic rings. The zero-order valence-corrected chi connectivity index (χ0v) is 13.5. The normalized spacial score (nSPS) is 17.8. The zero-order valence-electron chi connectivity index (χ0n) is 13.5. The van der Waals surface area contributed by atoms with Gasteiger partial charge in [0.15, 0.2) is 11.6 Å². The van der Waals surface area contributed by atoms with E-state index in [4.69, 9.17) is 0 Å². The van der Waals surface area contributed by atoms with Crippen molar-refractivity contribution in [2.45, 2.75) is 12.5 Å². The van der Waals surface area contributed by atoms with Crippen molar-refractivity contribution in [3.05, 3.63) is 106 Å². The summed E-state index contributed by atoms with van der Waals surface area (Å²) in [5, 5.41) is 10.7. The van der Waals surface area contributed by atoms with E-state index in [1.54, 1.807) is 30.3 Å². The van der Waals surface area contributed by atoms with E-state index in [0.717, 1.165) is 5.56 Å². The summed E-state index contributed by atoms with van der Waals surface area (Å²) in [7, 11) is 0. The quantitative estimate of drug-likeness (QED) is 0.907. The molecule has 0 spiro atoms. The molecule has 0 saturated carbocycles. The molecule has 25 heavy (non-hydrogen) atoms. The fourth-order valence-corrected chi connectivity index (χ4v) is 3.51. The lowest BCUT2D eigenvalue weighted by Gasteiger charge is -2.28. The van der Waals surface area contributed by atoms with Gasteiger partial charge in [-0.15, -0.1) is 0 Å². The highest BCUT2D eigenvalue weighted by Crippen LogP contribution is 2.41. The number of ketones is 2. The molecule has 1 unspecified atom stereocenters. The number of allylic oxidation sites excluding steroid dienone is 3. The van der Waals surface area contributed by atoms with Gasteiger partial charge in [-0.1, -0.05) is 67.3 Å². The molecule has 0 heterocycles. The minimum Gasteiger partial charge on any atom is -0.384 e. The van der Waals surface area contributed by atoms with Crippen LogP contribution in [-0.4, -0.2) is 16.7 Å². The molecule has 0 aliphatic heterocycles. The predicted octanol–water partition coefficient (Wildman–Crippen LogP) is 3.98. The lowest BCUT2D eigenvalue weighted by molar-refractivity contribution is 0.0973. The van der Waals surface area contributed by atoms with Gasteiger partial charge in [0.05, 0.1) is 0 Å². The lowest BCUT2D eigenvalue weighted by Crippen LogP contribution is -2.26. The second-order valence-electron chi connectivity index (χ2n) is 6.21. The van der Waals surface area contributed by atoms with Crippen LogP contribution >= 0.6 is 0 Å². The minimum absolute atomic E-state index is 0.129. The summed E-state index contributed by atoms with van der Waals surface area (Å²) in [4.78, 5) is 25.7. The van der Waals surface area contributed by atoms with Crippen LogP contribution in [0.2, 0.25) is 0 Å². The van der Waals surface area contributed by atoms with E-state index < -0.39 is 6.10 Å². The van der Waals surface area contributed by atoms with Crippen molar-refractivity contribution in [3.8, 4) is 0 Å². The van der Waals surface area contributed by atoms with Crippen LogP contribution in [0.4, 0.5) is 0 Å². The Morgan fingerprint density at radius 1 is 0.880 bits per heavy atom. The largest absolute Gasteiger partial charge is 0.384 e. The smallest absolute Gasteiger partial charge is 0.194 e. The number of rotatable bonds is 2. The Morgan fingerprint density at radius 2 is 1.48 bits per heavy atom. The van der Waals surface area contributed by atoms with Crippen LogP contribution in [0.15, 0.2) is 89.5 Å². The number of benzene rings is 2. The Balaban J connectivity index is 1.76. The van der Waals surface area contributed by atoms with Gasteiger partial charge in [-0.25, -0.2) is 0 Å². The summed E-state index contributed by atoms with van der Waals surface area (Å²) >= 11 is 0. The standard InChI is InChI=1S/C22H16O3/c1-13-15(20(23)14-7-3-2-4-8-14)11-12-18-19(13)22(25)17-10-6-5-9-16(17)21(18)24/h2-11,20,23H,1,12H2. The highest BCUT2D eigenvalue weighted by molar-refractivity contribution is 6.29. The van der Waals surface area contributed by atoms with Crippen molar-refractivity contribution in [1.29, 1.82) is 0 Å². The number of aliphatic hydroxyl groups is 1. The van der Waals surface area contributed by atoms with Gasteiger partial charge in [0.2, 0.25) is 0 Å². The number of aliphatic hydroxyl groups excluding tert-OH is 1. The van der Waals surface area contributed by atoms with Gasteiger partial charge in [0.1, 0.15) is 6.10 Å². The summed E-state index contributed by atoms with van der Waals surface area (Å²) in [5.41, 5.74) is 3.42. The van der Waals surface area contributed by atoms with Gasteiger partial charge in [0, 0.05) is 22.3 Å². The average molecular weight is 328 g/mol. The summed E-state index contributed by atoms with van der Waals surface area (Å²) in [6.07, 6.45) is 1.26. The Labute approximate surface area is 145 Å². The first-order chi connectivity index (χ1) is 12.1. The van der Waals surface area contributed by atoms with Gasteiger partial charge in [-0.3, -0.25) is 9.59 Å². The molecule has 3 nitrogen and oxygen atoms in total. The Bertz CT molecular complexity index is 977. The Hall–Kier alpha value is -3.04. The third kappa shape index (κ3) is 2.32. The molecule has 0 saturated heterocycles. The van der Waals surface area contributed by atoms with Crippen LogP contribution in [0.1, 0.15) is 38.8 Å². The number of fused-ring (bicyclic) bond motifs is 1. The number of carbonyl (C=O) groups is 2. The third-order valence-corrected chi connectivity index (χ3v) is 4.81. The molecule has 0 radical (unpaired) electrons. The molecular formula is C22H16O3. The summed E-state index contributed by atoms with van der Waals surface area (Å²) in [5.74, 6) is -0.322. The predicted molar refractivity (Wildman–Crippen MR) is 95.4 cm³/mol. The Morgan fingerprint density at radius 3 is 2.16 bits per heavy atom. The van der Waals surface area contributed by atoms with Crippen LogP contribution in [0, 0.1) is 0 Å². The van der Waals surface area contributed by atoms with Gasteiger partial charge in [-0.05, 0) is 23.1 Å². The molecule has 1 N–H and O–H groups in total. The molecule has 0 bridgehead atoms. The third-order valence-electron chi connectivity index (χ3n) is 4.81. The van der Waals surface area contributed by atoms with Gasteiger partial charge in [-0.2, -0.15) is 0 Å². The summed E-state index contributed by atoms with van der Waals surface area (Å²) in [6, 6.07) is 16.1. The molecule has 122 valence electrons. The van der Waals surface area contributed by atoms with Gasteiger partial charge >= 0.3 is 0 Å². The number of carbonyl (C=O) groups excluding carboxylic acids is 2. The van der Waals surface area contributed by atoms with E-state index in [1.807, 2.05) is 30.3 Å². The molecule has 4 rings (SSSR count). The maximum Gasteiger partial charge on any atom is 0.194 e. The topological polar surface area (TPSA) is 54.4 Å². The monoisotopic (exact) mass is 328 g/mol. The molecular weight excluding hydrogens is 312 g/mol. The first-order valence-electron chi connectivity index (χ1n) is 8.14. The van der Waals surface area contributed by atoms with Gasteiger partial charge in [0.25, 0.3) is 0 Å². The molecule has 0 fully saturated rings. The number of Topliss-reactive ketones (excluding diaryl/α,β-unsaturated/α-hetero) is 2. The highest BCUT2D eigenvalue weighted by atomic mass is 16.3. The van der Waals surface area contributed by atoms with Crippen molar-refractivity contribution < 1.29 is 14.7 Å². The van der Waals surface area contributed by atoms with Gasteiger partial charge < -0.3 is 5.11 Å². The Kier molecular flexibility index (Phi) is 3.59. The molecule has 1 atom stereocenters. The van der Waals surface area contributed by atoms with Crippen LogP contribution in [0.5, 0.6) is 0 Å². The molecule has 0 aromatic heterocycles. The second-order valence-corrected chi connectivity index (χ2v) is 6.21. The fourth-order valence-electron chi connectivity index (χ4n) is 3.51. The van der Waals surface area contributed by atoms with Crippen molar-refractivity contribution >= 4 is 11.6 Å². The van der Waals surface area contributed by atoms with Crippen molar-refractivity contribution in [2.75, 3.05) is 0 Å². The maximum atomic E-state index is 12.9. The fraction of sp³-hybridized carbons (Fsp3) is 0.0909. The van der Waals surface area contributed by atoms with Crippen molar-refractivity contribution in [3.63, 3.8) is 0 Å². The number of hydrogen-bond donors (Lipinski definition) is 1. The van der Waals surface area contributed by atoms with Crippen molar-refractivity contribution in [1.82, 2.24) is 0 Å². The maximum absolute atomic E-state index is 12.9. The summed E-state index contributed by atoms with van der Waals surface area (Å²) < 4.78 is 0. The zero-order chi connectivity index (χ0) is 17.6. The van der Waals surface area contributed by atoms with Crippen LogP contribution in [-0.2, 0) is 0 Å². The van der Waals surface area contributed by atoms with E-state index >= 15 is 0 Å². The lowest BCUT2D eigenvalue weighted by atomic mass is 9.74.